The zero-order valence-electron chi connectivity index (χ0n) is 7.98. The molecule has 2 aromatic rings. The Morgan fingerprint density at radius 3 is 2.60 bits per heavy atom. The van der Waals surface area contributed by atoms with E-state index in [9.17, 15) is 0 Å². The number of aryl methyl sites for hydroxylation is 1. The van der Waals surface area contributed by atoms with Crippen molar-refractivity contribution in [3.63, 3.8) is 0 Å². The van der Waals surface area contributed by atoms with Gasteiger partial charge < -0.3 is 0 Å². The predicted octanol–water partition coefficient (Wildman–Crippen LogP) is 2.34. The van der Waals surface area contributed by atoms with Gasteiger partial charge in [0.25, 0.3) is 0 Å². The van der Waals surface area contributed by atoms with Crippen LogP contribution in [-0.4, -0.2) is 20.0 Å². The zero-order valence-corrected chi connectivity index (χ0v) is 9.50. The lowest BCUT2D eigenvalue weighted by molar-refractivity contribution is 0.657. The molecule has 0 spiro atoms. The molecule has 0 aliphatic heterocycles. The van der Waals surface area contributed by atoms with E-state index in [1.165, 1.54) is 0 Å². The van der Waals surface area contributed by atoms with Crippen LogP contribution in [0.1, 0.15) is 11.4 Å². The molecule has 78 valence electrons. The molecule has 2 rings (SSSR count). The summed E-state index contributed by atoms with van der Waals surface area (Å²) in [6.07, 6.45) is 1.76. The van der Waals surface area contributed by atoms with Gasteiger partial charge in [0.05, 0.1) is 23.0 Å². The monoisotopic (exact) mass is 242 g/mol. The third-order valence-electron chi connectivity index (χ3n) is 1.90. The van der Waals surface area contributed by atoms with Gasteiger partial charge >= 0.3 is 0 Å². The van der Waals surface area contributed by atoms with Crippen LogP contribution >= 0.6 is 23.2 Å². The van der Waals surface area contributed by atoms with Crippen LogP contribution < -0.4 is 0 Å². The second-order valence-electron chi connectivity index (χ2n) is 3.11. The van der Waals surface area contributed by atoms with Crippen molar-refractivity contribution in [2.75, 3.05) is 0 Å². The molecule has 0 amide bonds. The molecule has 0 aromatic carbocycles. The van der Waals surface area contributed by atoms with Gasteiger partial charge in [0, 0.05) is 6.20 Å². The molecule has 15 heavy (non-hydrogen) atoms. The van der Waals surface area contributed by atoms with Gasteiger partial charge in [-0.15, -0.1) is 5.10 Å². The van der Waals surface area contributed by atoms with E-state index in [2.05, 4.69) is 15.3 Å². The summed E-state index contributed by atoms with van der Waals surface area (Å²) < 4.78 is 1.72. The molecule has 0 unspecified atom stereocenters. The van der Waals surface area contributed by atoms with Gasteiger partial charge in [0.15, 0.2) is 5.15 Å². The van der Waals surface area contributed by atoms with Crippen molar-refractivity contribution in [1.82, 2.24) is 20.0 Å². The molecule has 0 fully saturated rings. The number of nitrogens with zero attached hydrogens (tertiary/aromatic N) is 4. The van der Waals surface area contributed by atoms with E-state index in [4.69, 9.17) is 23.2 Å². The maximum Gasteiger partial charge on any atom is 0.151 e. The first-order valence-corrected chi connectivity index (χ1v) is 5.08. The molecule has 0 saturated carbocycles. The van der Waals surface area contributed by atoms with E-state index in [1.54, 1.807) is 23.0 Å². The molecule has 0 atom stereocenters. The normalized spacial score (nSPS) is 10.6. The van der Waals surface area contributed by atoms with Crippen LogP contribution in [0.15, 0.2) is 18.3 Å². The first-order valence-electron chi connectivity index (χ1n) is 4.33. The molecule has 0 aliphatic rings. The predicted molar refractivity (Wildman–Crippen MR) is 58.1 cm³/mol. The van der Waals surface area contributed by atoms with Crippen LogP contribution in [0.25, 0.3) is 0 Å². The quantitative estimate of drug-likeness (QED) is 0.812. The lowest BCUT2D eigenvalue weighted by Crippen LogP contribution is -2.03. The summed E-state index contributed by atoms with van der Waals surface area (Å²) in [5, 5.41) is 12.9. The van der Waals surface area contributed by atoms with Gasteiger partial charge in [-0.3, -0.25) is 4.68 Å². The average molecular weight is 243 g/mol. The Kier molecular flexibility index (Phi) is 2.88. The molecular weight excluding hydrogens is 235 g/mol. The summed E-state index contributed by atoms with van der Waals surface area (Å²) in [5.74, 6) is 0. The van der Waals surface area contributed by atoms with Gasteiger partial charge in [-0.2, -0.15) is 10.2 Å². The van der Waals surface area contributed by atoms with Crippen LogP contribution in [0.3, 0.4) is 0 Å². The Hall–Kier alpha value is -1.13. The Bertz CT molecular complexity index is 444. The van der Waals surface area contributed by atoms with Crippen LogP contribution in [0.2, 0.25) is 10.2 Å². The molecule has 0 radical (unpaired) electrons. The summed E-state index contributed by atoms with van der Waals surface area (Å²) >= 11 is 11.5. The number of rotatable bonds is 2. The van der Waals surface area contributed by atoms with Gasteiger partial charge in [-0.25, -0.2) is 0 Å². The number of hydrogen-bond acceptors (Lipinski definition) is 3. The van der Waals surface area contributed by atoms with Crippen molar-refractivity contribution in [2.24, 2.45) is 0 Å². The van der Waals surface area contributed by atoms with Crippen LogP contribution in [0.4, 0.5) is 0 Å². The summed E-state index contributed by atoms with van der Waals surface area (Å²) in [7, 11) is 0. The van der Waals surface area contributed by atoms with Crippen molar-refractivity contribution >= 4 is 23.2 Å². The van der Waals surface area contributed by atoms with Crippen LogP contribution in [-0.2, 0) is 6.54 Å². The molecule has 0 bridgehead atoms. The molecule has 2 heterocycles. The van der Waals surface area contributed by atoms with E-state index in [0.29, 0.717) is 16.7 Å². The smallest absolute Gasteiger partial charge is 0.151 e. The Morgan fingerprint density at radius 1 is 1.27 bits per heavy atom. The highest BCUT2D eigenvalue weighted by Crippen LogP contribution is 2.13. The third kappa shape index (κ3) is 2.46. The van der Waals surface area contributed by atoms with Gasteiger partial charge in [-0.1, -0.05) is 23.2 Å². The third-order valence-corrected chi connectivity index (χ3v) is 2.47. The van der Waals surface area contributed by atoms with E-state index in [-0.39, 0.29) is 0 Å². The second-order valence-corrected chi connectivity index (χ2v) is 3.90. The first kappa shape index (κ1) is 10.4. The average Bonchev–Trinajstić information content (AvgIpc) is 2.50. The standard InChI is InChI=1S/C9H8Cl2N4/c1-6-8(10)5-15(14-6)4-7-2-3-9(11)13-12-7/h2-3,5H,4H2,1H3. The second kappa shape index (κ2) is 4.16. The van der Waals surface area contributed by atoms with Crippen LogP contribution in [0.5, 0.6) is 0 Å². The van der Waals surface area contributed by atoms with E-state index >= 15 is 0 Å². The largest absolute Gasteiger partial charge is 0.265 e. The Morgan fingerprint density at radius 2 is 2.07 bits per heavy atom. The highest BCUT2D eigenvalue weighted by atomic mass is 35.5. The Balaban J connectivity index is 2.18. The van der Waals surface area contributed by atoms with Crippen LogP contribution in [0, 0.1) is 6.92 Å². The Labute approximate surface area is 96.8 Å². The van der Waals surface area contributed by atoms with Crippen molar-refractivity contribution in [2.45, 2.75) is 13.5 Å². The fourth-order valence-electron chi connectivity index (χ4n) is 1.17. The van der Waals surface area contributed by atoms with Crippen molar-refractivity contribution in [1.29, 1.82) is 0 Å². The van der Waals surface area contributed by atoms with Crippen molar-refractivity contribution in [3.05, 3.63) is 39.9 Å². The summed E-state index contributed by atoms with van der Waals surface area (Å²) in [5.41, 5.74) is 1.59. The SMILES string of the molecule is Cc1nn(Cc2ccc(Cl)nn2)cc1Cl. The molecule has 6 heteroatoms. The lowest BCUT2D eigenvalue weighted by atomic mass is 10.4. The molecule has 0 aliphatic carbocycles. The van der Waals surface area contributed by atoms with Crippen molar-refractivity contribution in [3.8, 4) is 0 Å². The topological polar surface area (TPSA) is 43.6 Å². The zero-order chi connectivity index (χ0) is 10.8. The van der Waals surface area contributed by atoms with Gasteiger partial charge in [0.2, 0.25) is 0 Å². The fraction of sp³-hybridized carbons (Fsp3) is 0.222. The summed E-state index contributed by atoms with van der Waals surface area (Å²) in [4.78, 5) is 0. The number of aromatic nitrogens is 4. The molecular formula is C9H8Cl2N4. The minimum atomic E-state index is 0.383. The maximum absolute atomic E-state index is 5.88. The molecule has 0 N–H and O–H groups in total. The fourth-order valence-corrected chi connectivity index (χ4v) is 1.42. The summed E-state index contributed by atoms with van der Waals surface area (Å²) in [6.45, 7) is 2.39. The number of hydrogen-bond donors (Lipinski definition) is 0. The minimum Gasteiger partial charge on any atom is -0.265 e. The van der Waals surface area contributed by atoms with E-state index in [1.807, 2.05) is 6.92 Å². The van der Waals surface area contributed by atoms with Crippen molar-refractivity contribution < 1.29 is 0 Å². The molecule has 4 nitrogen and oxygen atoms in total. The lowest BCUT2D eigenvalue weighted by Gasteiger charge is -1.99. The molecule has 0 saturated heterocycles. The van der Waals surface area contributed by atoms with Gasteiger partial charge in [0.1, 0.15) is 0 Å². The minimum absolute atomic E-state index is 0.383. The maximum atomic E-state index is 5.88. The summed E-state index contributed by atoms with van der Waals surface area (Å²) in [6, 6.07) is 3.50. The van der Waals surface area contributed by atoms with E-state index in [0.717, 1.165) is 11.4 Å². The first-order chi connectivity index (χ1) is 7.15. The highest BCUT2D eigenvalue weighted by Gasteiger charge is 2.03. The van der Waals surface area contributed by atoms with E-state index < -0.39 is 0 Å². The molecule has 2 aromatic heterocycles. The number of halogens is 2. The van der Waals surface area contributed by atoms with Gasteiger partial charge in [-0.05, 0) is 19.1 Å². The highest BCUT2D eigenvalue weighted by molar-refractivity contribution is 6.31.